The molecule has 2 rings (SSSR count). The highest BCUT2D eigenvalue weighted by molar-refractivity contribution is 5.79. The molecule has 0 aliphatic carbocycles. The van der Waals surface area contributed by atoms with Gasteiger partial charge in [-0.05, 0) is 6.42 Å². The minimum absolute atomic E-state index is 0.0290. The molecule has 0 aromatic carbocycles. The molecule has 1 aromatic heterocycles. The van der Waals surface area contributed by atoms with Crippen molar-refractivity contribution in [1.82, 2.24) is 15.3 Å². The molecule has 2 heterocycles. The maximum Gasteiger partial charge on any atom is 0.225 e. The molecule has 1 unspecified atom stereocenters. The summed E-state index contributed by atoms with van der Waals surface area (Å²) >= 11 is 0. The molecule has 0 radical (unpaired) electrons. The first-order chi connectivity index (χ1) is 7.70. The first kappa shape index (κ1) is 10.8. The standard InChI is InChI=1S/C10H13FN4O/c1-12-9(16)7-2-3-15(6-7)10-13-4-8(11)5-14-10/h4-5,7H,2-3,6H2,1H3,(H,12,16). The van der Waals surface area contributed by atoms with Gasteiger partial charge in [-0.1, -0.05) is 0 Å². The van der Waals surface area contributed by atoms with Gasteiger partial charge in [-0.25, -0.2) is 14.4 Å². The van der Waals surface area contributed by atoms with Crippen LogP contribution in [-0.2, 0) is 4.79 Å². The summed E-state index contributed by atoms with van der Waals surface area (Å²) in [6.07, 6.45) is 3.05. The molecule has 1 fully saturated rings. The van der Waals surface area contributed by atoms with E-state index in [1.54, 1.807) is 7.05 Å². The lowest BCUT2D eigenvalue weighted by molar-refractivity contribution is -0.123. The fourth-order valence-electron chi connectivity index (χ4n) is 1.83. The van der Waals surface area contributed by atoms with Crippen molar-refractivity contribution in [1.29, 1.82) is 0 Å². The average molecular weight is 224 g/mol. The van der Waals surface area contributed by atoms with E-state index in [0.29, 0.717) is 12.5 Å². The van der Waals surface area contributed by atoms with Crippen molar-refractivity contribution in [3.05, 3.63) is 18.2 Å². The minimum Gasteiger partial charge on any atom is -0.359 e. The van der Waals surface area contributed by atoms with Crippen molar-refractivity contribution in [2.45, 2.75) is 6.42 Å². The third-order valence-corrected chi connectivity index (χ3v) is 2.69. The number of hydrogen-bond donors (Lipinski definition) is 1. The Morgan fingerprint density at radius 2 is 2.25 bits per heavy atom. The highest BCUT2D eigenvalue weighted by Gasteiger charge is 2.28. The number of nitrogens with one attached hydrogen (secondary N) is 1. The fraction of sp³-hybridized carbons (Fsp3) is 0.500. The first-order valence-corrected chi connectivity index (χ1v) is 5.15. The van der Waals surface area contributed by atoms with Gasteiger partial charge in [-0.2, -0.15) is 0 Å². The smallest absolute Gasteiger partial charge is 0.225 e. The van der Waals surface area contributed by atoms with Crippen molar-refractivity contribution in [2.75, 3.05) is 25.0 Å². The van der Waals surface area contributed by atoms with Gasteiger partial charge < -0.3 is 10.2 Å². The van der Waals surface area contributed by atoms with Gasteiger partial charge in [0.05, 0.1) is 18.3 Å². The fourth-order valence-corrected chi connectivity index (χ4v) is 1.83. The molecule has 1 atom stereocenters. The lowest BCUT2D eigenvalue weighted by Gasteiger charge is -2.15. The lowest BCUT2D eigenvalue weighted by Crippen LogP contribution is -2.30. The lowest BCUT2D eigenvalue weighted by atomic mass is 10.1. The van der Waals surface area contributed by atoms with E-state index in [4.69, 9.17) is 0 Å². The number of anilines is 1. The average Bonchev–Trinajstić information content (AvgIpc) is 2.78. The van der Waals surface area contributed by atoms with Crippen LogP contribution in [0.15, 0.2) is 12.4 Å². The van der Waals surface area contributed by atoms with Crippen LogP contribution in [0.1, 0.15) is 6.42 Å². The number of amides is 1. The second kappa shape index (κ2) is 4.42. The van der Waals surface area contributed by atoms with Crippen LogP contribution in [0.2, 0.25) is 0 Å². The molecule has 16 heavy (non-hydrogen) atoms. The molecule has 0 spiro atoms. The second-order valence-electron chi connectivity index (χ2n) is 3.75. The monoisotopic (exact) mass is 224 g/mol. The Hall–Kier alpha value is -1.72. The zero-order valence-electron chi connectivity index (χ0n) is 8.98. The van der Waals surface area contributed by atoms with Gasteiger partial charge in [0.25, 0.3) is 0 Å². The normalized spacial score (nSPS) is 19.9. The quantitative estimate of drug-likeness (QED) is 0.779. The molecular formula is C10H13FN4O. The molecular weight excluding hydrogens is 211 g/mol. The molecule has 1 saturated heterocycles. The minimum atomic E-state index is -0.453. The van der Waals surface area contributed by atoms with Gasteiger partial charge in [0, 0.05) is 20.1 Å². The largest absolute Gasteiger partial charge is 0.359 e. The first-order valence-electron chi connectivity index (χ1n) is 5.15. The van der Waals surface area contributed by atoms with Crippen molar-refractivity contribution < 1.29 is 9.18 Å². The van der Waals surface area contributed by atoms with Crippen molar-refractivity contribution >= 4 is 11.9 Å². The third-order valence-electron chi connectivity index (χ3n) is 2.69. The van der Waals surface area contributed by atoms with Crippen LogP contribution in [0, 0.1) is 11.7 Å². The van der Waals surface area contributed by atoms with Gasteiger partial charge in [0.2, 0.25) is 11.9 Å². The van der Waals surface area contributed by atoms with E-state index in [9.17, 15) is 9.18 Å². The van der Waals surface area contributed by atoms with Gasteiger partial charge >= 0.3 is 0 Å². The summed E-state index contributed by atoms with van der Waals surface area (Å²) in [7, 11) is 1.62. The van der Waals surface area contributed by atoms with Crippen molar-refractivity contribution in [2.24, 2.45) is 5.92 Å². The van der Waals surface area contributed by atoms with E-state index in [1.165, 1.54) is 0 Å². The number of carbonyl (C=O) groups is 1. The number of halogens is 1. The van der Waals surface area contributed by atoms with Crippen LogP contribution in [0.4, 0.5) is 10.3 Å². The van der Waals surface area contributed by atoms with Crippen molar-refractivity contribution in [3.63, 3.8) is 0 Å². The summed E-state index contributed by atoms with van der Waals surface area (Å²) in [5.74, 6) is 0.0295. The number of aromatic nitrogens is 2. The second-order valence-corrected chi connectivity index (χ2v) is 3.75. The summed E-state index contributed by atoms with van der Waals surface area (Å²) in [5.41, 5.74) is 0. The van der Waals surface area contributed by atoms with E-state index < -0.39 is 5.82 Å². The zero-order chi connectivity index (χ0) is 11.5. The maximum absolute atomic E-state index is 12.6. The van der Waals surface area contributed by atoms with Crippen LogP contribution in [0.25, 0.3) is 0 Å². The van der Waals surface area contributed by atoms with Crippen LogP contribution < -0.4 is 10.2 Å². The molecule has 6 heteroatoms. The summed E-state index contributed by atoms with van der Waals surface area (Å²) in [6, 6.07) is 0. The van der Waals surface area contributed by atoms with E-state index >= 15 is 0 Å². The molecule has 0 bridgehead atoms. The van der Waals surface area contributed by atoms with Gasteiger partial charge in [-0.15, -0.1) is 0 Å². The molecule has 86 valence electrons. The molecule has 1 aromatic rings. The topological polar surface area (TPSA) is 58.1 Å². The third kappa shape index (κ3) is 2.10. The Morgan fingerprint density at radius 3 is 2.88 bits per heavy atom. The van der Waals surface area contributed by atoms with Crippen LogP contribution >= 0.6 is 0 Å². The van der Waals surface area contributed by atoms with E-state index in [0.717, 1.165) is 25.4 Å². The predicted octanol–water partition coefficient (Wildman–Crippen LogP) is 0.188. The molecule has 1 aliphatic rings. The van der Waals surface area contributed by atoms with E-state index in [-0.39, 0.29) is 11.8 Å². The summed E-state index contributed by atoms with van der Waals surface area (Å²) < 4.78 is 12.6. The van der Waals surface area contributed by atoms with Crippen LogP contribution in [0.5, 0.6) is 0 Å². The van der Waals surface area contributed by atoms with Gasteiger partial charge in [-0.3, -0.25) is 4.79 Å². The highest BCUT2D eigenvalue weighted by atomic mass is 19.1. The summed E-state index contributed by atoms with van der Waals surface area (Å²) in [6.45, 7) is 1.31. The molecule has 1 N–H and O–H groups in total. The van der Waals surface area contributed by atoms with Crippen LogP contribution in [-0.4, -0.2) is 36.0 Å². The van der Waals surface area contributed by atoms with Crippen LogP contribution in [0.3, 0.4) is 0 Å². The Kier molecular flexibility index (Phi) is 2.98. The van der Waals surface area contributed by atoms with Gasteiger partial charge in [0.15, 0.2) is 5.82 Å². The predicted molar refractivity (Wildman–Crippen MR) is 56.4 cm³/mol. The molecule has 0 saturated carbocycles. The maximum atomic E-state index is 12.6. The zero-order valence-corrected chi connectivity index (χ0v) is 8.98. The number of hydrogen-bond acceptors (Lipinski definition) is 4. The Morgan fingerprint density at radius 1 is 1.56 bits per heavy atom. The summed E-state index contributed by atoms with van der Waals surface area (Å²) in [4.78, 5) is 21.1. The Labute approximate surface area is 92.7 Å². The number of rotatable bonds is 2. The van der Waals surface area contributed by atoms with E-state index in [2.05, 4.69) is 15.3 Å². The summed E-state index contributed by atoms with van der Waals surface area (Å²) in [5, 5.41) is 2.62. The Bertz CT molecular complexity index is 381. The van der Waals surface area contributed by atoms with Crippen molar-refractivity contribution in [3.8, 4) is 0 Å². The number of carbonyl (C=O) groups excluding carboxylic acids is 1. The van der Waals surface area contributed by atoms with Gasteiger partial charge in [0.1, 0.15) is 0 Å². The molecule has 1 aliphatic heterocycles. The molecule has 1 amide bonds. The van der Waals surface area contributed by atoms with E-state index in [1.807, 2.05) is 4.90 Å². The highest BCUT2D eigenvalue weighted by Crippen LogP contribution is 2.20. The SMILES string of the molecule is CNC(=O)C1CCN(c2ncc(F)cn2)C1. The molecule has 5 nitrogen and oxygen atoms in total. The number of nitrogens with zero attached hydrogens (tertiary/aromatic N) is 3. The Balaban J connectivity index is 2.03.